The monoisotopic (exact) mass is 356 g/mol. The first-order valence-electron chi connectivity index (χ1n) is 9.00. The topological polar surface area (TPSA) is 62.0 Å². The Morgan fingerprint density at radius 1 is 0.852 bits per heavy atom. The van der Waals surface area contributed by atoms with Crippen molar-refractivity contribution in [3.05, 3.63) is 83.6 Å². The van der Waals surface area contributed by atoms with E-state index in [-0.39, 0.29) is 23.4 Å². The molecule has 0 fully saturated rings. The molecule has 2 atom stereocenters. The molecule has 3 aromatic carbocycles. The van der Waals surface area contributed by atoms with E-state index in [1.54, 1.807) is 12.1 Å². The summed E-state index contributed by atoms with van der Waals surface area (Å²) < 4.78 is 0. The summed E-state index contributed by atoms with van der Waals surface area (Å²) in [4.78, 5) is 13.0. The molecule has 1 N–H and O–H groups in total. The van der Waals surface area contributed by atoms with Gasteiger partial charge in [0, 0.05) is 10.8 Å². The van der Waals surface area contributed by atoms with Crippen molar-refractivity contribution in [3.63, 3.8) is 0 Å². The number of benzene rings is 3. The molecule has 0 amide bonds. The lowest BCUT2D eigenvalue weighted by Crippen LogP contribution is -2.13. The van der Waals surface area contributed by atoms with E-state index >= 15 is 0 Å². The number of carbonyl (C=O) groups is 1. The Balaban J connectivity index is 1.71. The van der Waals surface area contributed by atoms with Gasteiger partial charge in [-0.25, -0.2) is 0 Å². The molecule has 0 aliphatic heterocycles. The normalized spacial score (nSPS) is 20.1. The highest BCUT2D eigenvalue weighted by Gasteiger charge is 2.38. The molecule has 2 unspecified atom stereocenters. The molecule has 0 aromatic heterocycles. The first-order valence-corrected chi connectivity index (χ1v) is 9.00. The van der Waals surface area contributed by atoms with Crippen LogP contribution in [-0.4, -0.2) is 10.9 Å². The van der Waals surface area contributed by atoms with Crippen molar-refractivity contribution in [1.82, 2.24) is 0 Å². The molecule has 4 rings (SSSR count). The Kier molecular flexibility index (Phi) is 4.32. The minimum atomic E-state index is -0.211. The summed E-state index contributed by atoms with van der Waals surface area (Å²) in [5, 5.41) is 20.2. The van der Waals surface area contributed by atoms with E-state index in [4.69, 9.17) is 0 Å². The van der Waals surface area contributed by atoms with Gasteiger partial charge in [0.15, 0.2) is 5.78 Å². The van der Waals surface area contributed by atoms with Crippen LogP contribution in [0, 0.1) is 5.92 Å². The highest BCUT2D eigenvalue weighted by Crippen LogP contribution is 2.42. The van der Waals surface area contributed by atoms with E-state index < -0.39 is 0 Å². The van der Waals surface area contributed by atoms with E-state index in [9.17, 15) is 9.90 Å². The van der Waals surface area contributed by atoms with Gasteiger partial charge in [-0.15, -0.1) is 10.2 Å². The van der Waals surface area contributed by atoms with Crippen molar-refractivity contribution in [2.24, 2.45) is 16.1 Å². The second-order valence-corrected chi connectivity index (χ2v) is 6.92. The van der Waals surface area contributed by atoms with Crippen LogP contribution in [0.1, 0.15) is 25.3 Å². The molecular weight excluding hydrogens is 336 g/mol. The van der Waals surface area contributed by atoms with E-state index in [0.717, 1.165) is 16.5 Å². The van der Waals surface area contributed by atoms with Crippen molar-refractivity contribution in [1.29, 1.82) is 0 Å². The third kappa shape index (κ3) is 2.93. The van der Waals surface area contributed by atoms with Gasteiger partial charge in [-0.05, 0) is 36.1 Å². The number of fused-ring (bicyclic) bond motifs is 1. The maximum Gasteiger partial charge on any atom is 0.191 e. The van der Waals surface area contributed by atoms with Crippen LogP contribution < -0.4 is 0 Å². The van der Waals surface area contributed by atoms with Gasteiger partial charge in [0.25, 0.3) is 0 Å². The van der Waals surface area contributed by atoms with Gasteiger partial charge in [-0.1, -0.05) is 61.5 Å². The molecule has 27 heavy (non-hydrogen) atoms. The Morgan fingerprint density at radius 3 is 2.26 bits per heavy atom. The van der Waals surface area contributed by atoms with Crippen LogP contribution in [-0.2, 0) is 4.79 Å². The molecule has 1 aliphatic rings. The second kappa shape index (κ2) is 6.80. The molecule has 0 heterocycles. The summed E-state index contributed by atoms with van der Waals surface area (Å²) in [6.07, 6.45) is 0. The molecule has 134 valence electrons. The SMILES string of the molecule is CC1=C(N=Nc2ccc(O)c3ccccc23)C(=O)C(c2ccccc2)C1C. The fraction of sp³-hybridized carbons (Fsp3) is 0.174. The van der Waals surface area contributed by atoms with Crippen LogP contribution in [0.5, 0.6) is 5.75 Å². The maximum atomic E-state index is 13.0. The molecule has 3 aromatic rings. The number of ketones is 1. The fourth-order valence-electron chi connectivity index (χ4n) is 3.72. The fourth-order valence-corrected chi connectivity index (χ4v) is 3.72. The van der Waals surface area contributed by atoms with Crippen molar-refractivity contribution < 1.29 is 9.90 Å². The summed E-state index contributed by atoms with van der Waals surface area (Å²) in [5.41, 5.74) is 3.04. The average molecular weight is 356 g/mol. The predicted molar refractivity (Wildman–Crippen MR) is 106 cm³/mol. The number of phenols is 1. The lowest BCUT2D eigenvalue weighted by atomic mass is 9.87. The van der Waals surface area contributed by atoms with Gasteiger partial charge in [0.05, 0.1) is 11.6 Å². The van der Waals surface area contributed by atoms with Gasteiger partial charge < -0.3 is 5.11 Å². The molecule has 0 bridgehead atoms. The number of phenolic OH excluding ortho intramolecular Hbond substituents is 1. The Bertz CT molecular complexity index is 1080. The summed E-state index contributed by atoms with van der Waals surface area (Å²) in [7, 11) is 0. The number of nitrogens with zero attached hydrogens (tertiary/aromatic N) is 2. The molecular formula is C23H20N2O2. The molecule has 4 nitrogen and oxygen atoms in total. The maximum absolute atomic E-state index is 13.0. The number of carbonyl (C=O) groups excluding carboxylic acids is 1. The Morgan fingerprint density at radius 2 is 1.52 bits per heavy atom. The lowest BCUT2D eigenvalue weighted by Gasteiger charge is -2.15. The first-order chi connectivity index (χ1) is 13.1. The third-order valence-corrected chi connectivity index (χ3v) is 5.37. The Hall–Kier alpha value is -3.27. The van der Waals surface area contributed by atoms with Crippen LogP contribution in [0.4, 0.5) is 5.69 Å². The molecule has 1 aliphatic carbocycles. The zero-order valence-electron chi connectivity index (χ0n) is 15.3. The highest BCUT2D eigenvalue weighted by atomic mass is 16.3. The predicted octanol–water partition coefficient (Wildman–Crippen LogP) is 5.91. The van der Waals surface area contributed by atoms with Gasteiger partial charge >= 0.3 is 0 Å². The van der Waals surface area contributed by atoms with Crippen molar-refractivity contribution in [2.45, 2.75) is 19.8 Å². The number of azo groups is 1. The number of Topliss-reactive ketones (excluding diaryl/α,β-unsaturated/α-hetero) is 1. The van der Waals surface area contributed by atoms with Crippen LogP contribution >= 0.6 is 0 Å². The number of rotatable bonds is 3. The number of hydrogen-bond acceptors (Lipinski definition) is 4. The molecule has 4 heteroatoms. The summed E-state index contributed by atoms with van der Waals surface area (Å²) in [5.74, 6) is 0.0924. The van der Waals surface area contributed by atoms with E-state index in [0.29, 0.717) is 16.8 Å². The largest absolute Gasteiger partial charge is 0.507 e. The molecule has 0 spiro atoms. The summed E-state index contributed by atoms with van der Waals surface area (Å²) in [6.45, 7) is 4.01. The van der Waals surface area contributed by atoms with Gasteiger partial charge in [0.2, 0.25) is 0 Å². The minimum Gasteiger partial charge on any atom is -0.507 e. The van der Waals surface area contributed by atoms with Crippen LogP contribution in [0.25, 0.3) is 10.8 Å². The van der Waals surface area contributed by atoms with Gasteiger partial charge in [-0.2, -0.15) is 0 Å². The van der Waals surface area contributed by atoms with Crippen molar-refractivity contribution >= 4 is 22.2 Å². The quantitative estimate of drug-likeness (QED) is 0.593. The number of allylic oxidation sites excluding steroid dienone is 2. The van der Waals surface area contributed by atoms with Crippen molar-refractivity contribution in [3.8, 4) is 5.75 Å². The van der Waals surface area contributed by atoms with E-state index in [1.165, 1.54) is 0 Å². The van der Waals surface area contributed by atoms with Crippen molar-refractivity contribution in [2.75, 3.05) is 0 Å². The van der Waals surface area contributed by atoms with E-state index in [1.807, 2.05) is 61.5 Å². The first kappa shape index (κ1) is 17.2. The molecule has 0 saturated carbocycles. The van der Waals surface area contributed by atoms with E-state index in [2.05, 4.69) is 17.2 Å². The smallest absolute Gasteiger partial charge is 0.191 e. The highest BCUT2D eigenvalue weighted by molar-refractivity contribution is 6.04. The van der Waals surface area contributed by atoms with Crippen LogP contribution in [0.2, 0.25) is 0 Å². The second-order valence-electron chi connectivity index (χ2n) is 6.92. The Labute approximate surface area is 157 Å². The number of hydrogen-bond donors (Lipinski definition) is 1. The molecule has 0 saturated heterocycles. The zero-order chi connectivity index (χ0) is 19.0. The summed E-state index contributed by atoms with van der Waals surface area (Å²) in [6, 6.07) is 20.6. The van der Waals surface area contributed by atoms with Gasteiger partial charge in [0.1, 0.15) is 11.4 Å². The van der Waals surface area contributed by atoms with Crippen LogP contribution in [0.15, 0.2) is 88.2 Å². The van der Waals surface area contributed by atoms with Crippen LogP contribution in [0.3, 0.4) is 0 Å². The average Bonchev–Trinajstić information content (AvgIpc) is 2.91. The summed E-state index contributed by atoms with van der Waals surface area (Å²) >= 11 is 0. The number of aromatic hydroxyl groups is 1. The standard InChI is InChI=1S/C23H20N2O2/c1-14-15(2)22(23(27)21(14)16-8-4-3-5-9-16)25-24-19-12-13-20(26)18-11-7-6-10-17(18)19/h3-14,21,26H,1-2H3. The molecule has 0 radical (unpaired) electrons. The minimum absolute atomic E-state index is 0.0121. The lowest BCUT2D eigenvalue weighted by molar-refractivity contribution is -0.116. The third-order valence-electron chi connectivity index (χ3n) is 5.37. The van der Waals surface area contributed by atoms with Gasteiger partial charge in [-0.3, -0.25) is 4.79 Å². The zero-order valence-corrected chi connectivity index (χ0v) is 15.3.